The minimum Gasteiger partial charge on any atom is -0.381 e. The van der Waals surface area contributed by atoms with E-state index in [9.17, 15) is 13.6 Å². The Kier molecular flexibility index (Phi) is 5.75. The fourth-order valence-electron chi connectivity index (χ4n) is 3.82. The monoisotopic (exact) mass is 420 g/mol. The molecule has 31 heavy (non-hydrogen) atoms. The van der Waals surface area contributed by atoms with Gasteiger partial charge in [0.05, 0.1) is 5.56 Å². The minimum absolute atomic E-state index is 0.0710. The molecule has 1 aliphatic heterocycles. The summed E-state index contributed by atoms with van der Waals surface area (Å²) < 4.78 is 27.7. The Morgan fingerprint density at radius 1 is 1.06 bits per heavy atom. The quantitative estimate of drug-likeness (QED) is 0.618. The Labute approximate surface area is 179 Å². The Hall–Kier alpha value is -3.61. The van der Waals surface area contributed by atoms with Gasteiger partial charge in [-0.15, -0.1) is 0 Å². The highest BCUT2D eigenvalue weighted by Gasteiger charge is 2.21. The van der Waals surface area contributed by atoms with Gasteiger partial charge in [-0.3, -0.25) is 4.79 Å². The van der Waals surface area contributed by atoms with E-state index in [-0.39, 0.29) is 6.42 Å². The van der Waals surface area contributed by atoms with Crippen LogP contribution in [0.5, 0.6) is 0 Å². The number of nitrogens with zero attached hydrogens (tertiary/aromatic N) is 3. The second kappa shape index (κ2) is 8.63. The van der Waals surface area contributed by atoms with Gasteiger partial charge < -0.3 is 10.6 Å². The average Bonchev–Trinajstić information content (AvgIpc) is 2.75. The molecular formula is C24H22F2N4O. The molecule has 2 N–H and O–H groups in total. The Bertz CT molecular complexity index is 1140. The van der Waals surface area contributed by atoms with Crippen molar-refractivity contribution in [3.05, 3.63) is 88.8 Å². The van der Waals surface area contributed by atoms with Crippen LogP contribution in [-0.2, 0) is 6.42 Å². The molecule has 0 spiro atoms. The lowest BCUT2D eigenvalue weighted by molar-refractivity contribution is 0.0985. The molecule has 1 aromatic heterocycles. The molecule has 2 aromatic carbocycles. The maximum Gasteiger partial charge on any atom is 0.173 e. The molecule has 0 fully saturated rings. The highest BCUT2D eigenvalue weighted by Crippen LogP contribution is 2.30. The molecule has 2 heterocycles. The largest absolute Gasteiger partial charge is 0.381 e. The van der Waals surface area contributed by atoms with Crippen LogP contribution < -0.4 is 10.6 Å². The Morgan fingerprint density at radius 2 is 1.74 bits per heavy atom. The summed E-state index contributed by atoms with van der Waals surface area (Å²) in [4.78, 5) is 23.0. The maximum absolute atomic E-state index is 13.9. The van der Waals surface area contributed by atoms with Crippen LogP contribution in [0.15, 0.2) is 60.4 Å². The maximum atomic E-state index is 13.9. The van der Waals surface area contributed by atoms with Crippen LogP contribution in [0.3, 0.4) is 0 Å². The number of benzene rings is 2. The van der Waals surface area contributed by atoms with E-state index in [4.69, 9.17) is 5.73 Å². The molecule has 3 aromatic rings. The number of ketones is 1. The molecule has 0 amide bonds. The van der Waals surface area contributed by atoms with E-state index in [1.807, 2.05) is 24.3 Å². The summed E-state index contributed by atoms with van der Waals surface area (Å²) in [5.41, 5.74) is 9.65. The third-order valence-electron chi connectivity index (χ3n) is 5.54. The van der Waals surface area contributed by atoms with E-state index in [2.05, 4.69) is 21.8 Å². The van der Waals surface area contributed by atoms with Crippen molar-refractivity contribution in [2.45, 2.75) is 19.8 Å². The van der Waals surface area contributed by atoms with E-state index < -0.39 is 23.0 Å². The molecule has 0 saturated heterocycles. The zero-order valence-corrected chi connectivity index (χ0v) is 17.1. The van der Waals surface area contributed by atoms with Crippen molar-refractivity contribution >= 4 is 23.0 Å². The van der Waals surface area contributed by atoms with Gasteiger partial charge in [-0.1, -0.05) is 35.9 Å². The summed E-state index contributed by atoms with van der Waals surface area (Å²) in [5, 5.41) is 0. The molecule has 0 aliphatic carbocycles. The van der Waals surface area contributed by atoms with Gasteiger partial charge in [0.25, 0.3) is 0 Å². The normalized spacial score (nSPS) is 14.1. The minimum atomic E-state index is -0.840. The number of anilines is 2. The molecule has 4 rings (SSSR count). The number of hydrogen-bond donors (Lipinski definition) is 1. The van der Waals surface area contributed by atoms with Gasteiger partial charge in [0, 0.05) is 31.9 Å². The summed E-state index contributed by atoms with van der Waals surface area (Å²) in [6, 6.07) is 10.9. The second-order valence-corrected chi connectivity index (χ2v) is 7.59. The van der Waals surface area contributed by atoms with Gasteiger partial charge >= 0.3 is 0 Å². The molecule has 0 unspecified atom stereocenters. The molecule has 158 valence electrons. The topological polar surface area (TPSA) is 72.1 Å². The van der Waals surface area contributed by atoms with E-state index in [0.717, 1.165) is 36.2 Å². The number of nitrogen functional groups attached to an aromatic ring is 1. The van der Waals surface area contributed by atoms with E-state index >= 15 is 0 Å². The molecule has 0 atom stereocenters. The molecule has 7 heteroatoms. The van der Waals surface area contributed by atoms with Crippen molar-refractivity contribution in [1.29, 1.82) is 0 Å². The number of Topliss-reactive ketones (excluding diaryl/α,β-unsaturated/α-hetero) is 1. The number of aromatic nitrogens is 2. The van der Waals surface area contributed by atoms with E-state index in [1.54, 1.807) is 12.4 Å². The van der Waals surface area contributed by atoms with E-state index in [1.165, 1.54) is 11.6 Å². The highest BCUT2D eigenvalue weighted by molar-refractivity contribution is 5.98. The van der Waals surface area contributed by atoms with Crippen LogP contribution in [0.25, 0.3) is 5.57 Å². The molecule has 0 saturated carbocycles. The molecule has 0 radical (unpaired) electrons. The van der Waals surface area contributed by atoms with Crippen molar-refractivity contribution in [2.24, 2.45) is 0 Å². The standard InChI is InChI=1S/C24H22F2N4O/c1-15-9-12-30(24-23(27)28-10-11-29-24)14-18(15)17-7-5-16(6-8-17)13-21(31)22-19(25)3-2-4-20(22)26/h2-8,10-11H,9,12-14H2,1H3,(H2,27,28). The summed E-state index contributed by atoms with van der Waals surface area (Å²) >= 11 is 0. The molecular weight excluding hydrogens is 398 g/mol. The van der Waals surface area contributed by atoms with Crippen molar-refractivity contribution < 1.29 is 13.6 Å². The van der Waals surface area contributed by atoms with Gasteiger partial charge in [0.15, 0.2) is 17.4 Å². The first-order chi connectivity index (χ1) is 14.9. The van der Waals surface area contributed by atoms with Gasteiger partial charge in [-0.05, 0) is 42.2 Å². The predicted molar refractivity (Wildman–Crippen MR) is 117 cm³/mol. The number of halogens is 2. The third kappa shape index (κ3) is 4.30. The SMILES string of the molecule is CC1=C(c2ccc(CC(=O)c3c(F)cccc3F)cc2)CN(c2nccnc2N)CC1. The lowest BCUT2D eigenvalue weighted by Crippen LogP contribution is -2.32. The molecule has 1 aliphatic rings. The van der Waals surface area contributed by atoms with Crippen LogP contribution in [0.2, 0.25) is 0 Å². The second-order valence-electron chi connectivity index (χ2n) is 7.59. The smallest absolute Gasteiger partial charge is 0.173 e. The van der Waals surface area contributed by atoms with Crippen molar-refractivity contribution in [2.75, 3.05) is 23.7 Å². The van der Waals surface area contributed by atoms with Crippen LogP contribution >= 0.6 is 0 Å². The number of carbonyl (C=O) groups excluding carboxylic acids is 1. The number of hydrogen-bond acceptors (Lipinski definition) is 5. The highest BCUT2D eigenvalue weighted by atomic mass is 19.1. The first-order valence-electron chi connectivity index (χ1n) is 10.0. The summed E-state index contributed by atoms with van der Waals surface area (Å²) in [7, 11) is 0. The van der Waals surface area contributed by atoms with Crippen LogP contribution in [0.4, 0.5) is 20.4 Å². The predicted octanol–water partition coefficient (Wildman–Crippen LogP) is 4.45. The first-order valence-corrected chi connectivity index (χ1v) is 10.0. The van der Waals surface area contributed by atoms with Crippen molar-refractivity contribution in [1.82, 2.24) is 9.97 Å². The van der Waals surface area contributed by atoms with Crippen LogP contribution in [0.1, 0.15) is 34.8 Å². The van der Waals surface area contributed by atoms with Gasteiger partial charge in [-0.2, -0.15) is 0 Å². The van der Waals surface area contributed by atoms with Crippen LogP contribution in [-0.4, -0.2) is 28.8 Å². The lowest BCUT2D eigenvalue weighted by atomic mass is 9.93. The zero-order chi connectivity index (χ0) is 22.0. The lowest BCUT2D eigenvalue weighted by Gasteiger charge is -2.31. The summed E-state index contributed by atoms with van der Waals surface area (Å²) in [5.74, 6) is -1.20. The summed E-state index contributed by atoms with van der Waals surface area (Å²) in [6.45, 7) is 3.55. The average molecular weight is 420 g/mol. The fraction of sp³-hybridized carbons (Fsp3) is 0.208. The van der Waals surface area contributed by atoms with Gasteiger partial charge in [-0.25, -0.2) is 18.7 Å². The number of rotatable bonds is 5. The Morgan fingerprint density at radius 3 is 2.42 bits per heavy atom. The van der Waals surface area contributed by atoms with Crippen molar-refractivity contribution in [3.63, 3.8) is 0 Å². The number of carbonyl (C=O) groups is 1. The van der Waals surface area contributed by atoms with Crippen LogP contribution in [0, 0.1) is 11.6 Å². The molecule has 5 nitrogen and oxygen atoms in total. The van der Waals surface area contributed by atoms with Crippen molar-refractivity contribution in [3.8, 4) is 0 Å². The van der Waals surface area contributed by atoms with Gasteiger partial charge in [0.2, 0.25) is 0 Å². The van der Waals surface area contributed by atoms with Gasteiger partial charge in [0.1, 0.15) is 11.6 Å². The fourth-order valence-corrected chi connectivity index (χ4v) is 3.82. The Balaban J connectivity index is 1.52. The summed E-state index contributed by atoms with van der Waals surface area (Å²) in [6.07, 6.45) is 4.00. The third-order valence-corrected chi connectivity index (χ3v) is 5.54. The zero-order valence-electron chi connectivity index (χ0n) is 17.1. The first kappa shape index (κ1) is 20.7. The van der Waals surface area contributed by atoms with E-state index in [0.29, 0.717) is 23.7 Å². The molecule has 0 bridgehead atoms. The number of nitrogens with two attached hydrogens (primary N) is 1.